The van der Waals surface area contributed by atoms with Crippen LogP contribution in [0.4, 0.5) is 0 Å². The lowest BCUT2D eigenvalue weighted by Crippen LogP contribution is -2.46. The minimum absolute atomic E-state index is 0.0919. The van der Waals surface area contributed by atoms with Crippen LogP contribution in [0.2, 0.25) is 0 Å². The normalized spacial score (nSPS) is 21.1. The van der Waals surface area contributed by atoms with Crippen LogP contribution in [0.3, 0.4) is 0 Å². The fourth-order valence-corrected chi connectivity index (χ4v) is 3.00. The Hall–Kier alpha value is -1.98. The minimum Gasteiger partial charge on any atom is -0.356 e. The van der Waals surface area contributed by atoms with E-state index in [1.807, 2.05) is 6.92 Å². The van der Waals surface area contributed by atoms with Crippen LogP contribution in [-0.2, 0) is 4.79 Å². The molecule has 2 fully saturated rings. The molecular weight excluding hydrogens is 256 g/mol. The van der Waals surface area contributed by atoms with Crippen LogP contribution in [0.15, 0.2) is 12.4 Å². The number of hydrogen-bond donors (Lipinski definition) is 1. The van der Waals surface area contributed by atoms with Gasteiger partial charge in [0.15, 0.2) is 0 Å². The van der Waals surface area contributed by atoms with Crippen molar-refractivity contribution in [2.45, 2.75) is 26.2 Å². The largest absolute Gasteiger partial charge is 0.356 e. The van der Waals surface area contributed by atoms with Crippen molar-refractivity contribution in [2.75, 3.05) is 19.6 Å². The van der Waals surface area contributed by atoms with Gasteiger partial charge in [0, 0.05) is 25.8 Å². The standard InChI is InChI=1S/C14H18N4O2/c1-10-8-17-11(9-16-10)12(19)18-6-3-14(4-7-18)2-5-15-13(14)20/h8-9H,2-7H2,1H3,(H,15,20). The Kier molecular flexibility index (Phi) is 3.16. The van der Waals surface area contributed by atoms with Crippen LogP contribution >= 0.6 is 0 Å². The van der Waals surface area contributed by atoms with E-state index < -0.39 is 0 Å². The summed E-state index contributed by atoms with van der Waals surface area (Å²) in [5, 5.41) is 2.90. The van der Waals surface area contributed by atoms with Gasteiger partial charge in [0.2, 0.25) is 5.91 Å². The Labute approximate surface area is 117 Å². The van der Waals surface area contributed by atoms with E-state index in [0.29, 0.717) is 18.8 Å². The molecule has 0 aromatic carbocycles. The number of carbonyl (C=O) groups excluding carboxylic acids is 2. The Morgan fingerprint density at radius 2 is 2.00 bits per heavy atom. The van der Waals surface area contributed by atoms with Gasteiger partial charge in [-0.25, -0.2) is 4.98 Å². The third-order valence-corrected chi connectivity index (χ3v) is 4.38. The first-order valence-electron chi connectivity index (χ1n) is 6.97. The molecule has 2 aliphatic rings. The fourth-order valence-electron chi connectivity index (χ4n) is 3.00. The average Bonchev–Trinajstić information content (AvgIpc) is 2.81. The highest BCUT2D eigenvalue weighted by Crippen LogP contribution is 2.38. The van der Waals surface area contributed by atoms with Gasteiger partial charge in [-0.1, -0.05) is 0 Å². The van der Waals surface area contributed by atoms with Crippen LogP contribution in [0.25, 0.3) is 0 Å². The molecule has 0 saturated carbocycles. The molecular formula is C14H18N4O2. The molecule has 2 amide bonds. The number of amides is 2. The van der Waals surface area contributed by atoms with Crippen LogP contribution < -0.4 is 5.32 Å². The molecule has 6 nitrogen and oxygen atoms in total. The molecule has 1 spiro atoms. The second kappa shape index (κ2) is 4.85. The summed E-state index contributed by atoms with van der Waals surface area (Å²) in [6, 6.07) is 0. The summed E-state index contributed by atoms with van der Waals surface area (Å²) < 4.78 is 0. The van der Waals surface area contributed by atoms with E-state index in [1.165, 1.54) is 6.20 Å². The molecule has 3 rings (SSSR count). The molecule has 0 radical (unpaired) electrons. The quantitative estimate of drug-likeness (QED) is 0.810. The van der Waals surface area contributed by atoms with Crippen molar-refractivity contribution in [1.29, 1.82) is 0 Å². The van der Waals surface area contributed by atoms with E-state index in [9.17, 15) is 9.59 Å². The van der Waals surface area contributed by atoms with Crippen molar-refractivity contribution >= 4 is 11.8 Å². The average molecular weight is 274 g/mol. The Bertz CT molecular complexity index is 533. The number of hydrogen-bond acceptors (Lipinski definition) is 4. The summed E-state index contributed by atoms with van der Waals surface area (Å²) >= 11 is 0. The highest BCUT2D eigenvalue weighted by molar-refractivity contribution is 5.92. The smallest absolute Gasteiger partial charge is 0.274 e. The zero-order chi connectivity index (χ0) is 14.2. The van der Waals surface area contributed by atoms with Crippen molar-refractivity contribution in [1.82, 2.24) is 20.2 Å². The van der Waals surface area contributed by atoms with Crippen molar-refractivity contribution in [3.63, 3.8) is 0 Å². The summed E-state index contributed by atoms with van der Waals surface area (Å²) in [6.07, 6.45) is 5.49. The molecule has 3 heterocycles. The van der Waals surface area contributed by atoms with Crippen molar-refractivity contribution in [3.05, 3.63) is 23.8 Å². The van der Waals surface area contributed by atoms with E-state index in [4.69, 9.17) is 0 Å². The Balaban J connectivity index is 1.67. The fraction of sp³-hybridized carbons (Fsp3) is 0.571. The maximum absolute atomic E-state index is 12.3. The topological polar surface area (TPSA) is 75.2 Å². The first-order chi connectivity index (χ1) is 9.61. The highest BCUT2D eigenvalue weighted by atomic mass is 16.2. The maximum atomic E-state index is 12.3. The van der Waals surface area contributed by atoms with E-state index in [-0.39, 0.29) is 17.2 Å². The van der Waals surface area contributed by atoms with Crippen LogP contribution in [0.5, 0.6) is 0 Å². The monoisotopic (exact) mass is 274 g/mol. The van der Waals surface area contributed by atoms with Crippen molar-refractivity contribution in [2.24, 2.45) is 5.41 Å². The third-order valence-electron chi connectivity index (χ3n) is 4.38. The Morgan fingerprint density at radius 3 is 2.55 bits per heavy atom. The summed E-state index contributed by atoms with van der Waals surface area (Å²) in [6.45, 7) is 3.82. The van der Waals surface area contributed by atoms with E-state index >= 15 is 0 Å². The summed E-state index contributed by atoms with van der Waals surface area (Å²) in [5.41, 5.74) is 0.930. The van der Waals surface area contributed by atoms with Gasteiger partial charge in [-0.3, -0.25) is 14.6 Å². The summed E-state index contributed by atoms with van der Waals surface area (Å²) in [7, 11) is 0. The van der Waals surface area contributed by atoms with Gasteiger partial charge in [0.05, 0.1) is 17.3 Å². The lowest BCUT2D eigenvalue weighted by atomic mass is 9.77. The first kappa shape index (κ1) is 13.0. The number of rotatable bonds is 1. The van der Waals surface area contributed by atoms with Gasteiger partial charge in [-0.05, 0) is 26.2 Å². The van der Waals surface area contributed by atoms with Gasteiger partial charge >= 0.3 is 0 Å². The van der Waals surface area contributed by atoms with Gasteiger partial charge < -0.3 is 10.2 Å². The molecule has 1 aromatic heterocycles. The summed E-state index contributed by atoms with van der Waals surface area (Å²) in [4.78, 5) is 34.2. The first-order valence-corrected chi connectivity index (χ1v) is 6.97. The van der Waals surface area contributed by atoms with E-state index in [1.54, 1.807) is 11.1 Å². The lowest BCUT2D eigenvalue weighted by Gasteiger charge is -2.37. The summed E-state index contributed by atoms with van der Waals surface area (Å²) in [5.74, 6) is 0.0606. The van der Waals surface area contributed by atoms with Gasteiger partial charge in [0.25, 0.3) is 5.91 Å². The number of piperidine rings is 1. The van der Waals surface area contributed by atoms with Crippen molar-refractivity contribution < 1.29 is 9.59 Å². The SMILES string of the molecule is Cc1cnc(C(=O)N2CCC3(CCNC3=O)CC2)cn1. The van der Waals surface area contributed by atoms with Crippen LogP contribution in [-0.4, -0.2) is 46.3 Å². The Morgan fingerprint density at radius 1 is 1.25 bits per heavy atom. The molecule has 2 saturated heterocycles. The molecule has 0 aliphatic carbocycles. The molecule has 1 N–H and O–H groups in total. The number of nitrogens with zero attached hydrogens (tertiary/aromatic N) is 3. The van der Waals surface area contributed by atoms with E-state index in [2.05, 4.69) is 15.3 Å². The number of aryl methyl sites for hydroxylation is 1. The van der Waals surface area contributed by atoms with Crippen LogP contribution in [0.1, 0.15) is 35.4 Å². The zero-order valence-electron chi connectivity index (χ0n) is 11.6. The molecule has 0 atom stereocenters. The van der Waals surface area contributed by atoms with Crippen LogP contribution in [0, 0.1) is 12.3 Å². The zero-order valence-corrected chi connectivity index (χ0v) is 11.6. The number of aromatic nitrogens is 2. The molecule has 20 heavy (non-hydrogen) atoms. The maximum Gasteiger partial charge on any atom is 0.274 e. The molecule has 6 heteroatoms. The van der Waals surface area contributed by atoms with Crippen molar-refractivity contribution in [3.8, 4) is 0 Å². The number of carbonyl (C=O) groups is 2. The predicted octanol–water partition coefficient (Wildman–Crippen LogP) is 0.527. The molecule has 1 aromatic rings. The van der Waals surface area contributed by atoms with E-state index in [0.717, 1.165) is 31.5 Å². The molecule has 106 valence electrons. The number of likely N-dealkylation sites (tertiary alicyclic amines) is 1. The third kappa shape index (κ3) is 2.15. The highest BCUT2D eigenvalue weighted by Gasteiger charge is 2.45. The molecule has 0 bridgehead atoms. The molecule has 0 unspecified atom stereocenters. The molecule has 2 aliphatic heterocycles. The second-order valence-electron chi connectivity index (χ2n) is 5.62. The van der Waals surface area contributed by atoms with Gasteiger partial charge in [-0.15, -0.1) is 0 Å². The predicted molar refractivity (Wildman–Crippen MR) is 72.0 cm³/mol. The van der Waals surface area contributed by atoms with Gasteiger partial charge in [0.1, 0.15) is 5.69 Å². The lowest BCUT2D eigenvalue weighted by molar-refractivity contribution is -0.129. The van der Waals surface area contributed by atoms with Gasteiger partial charge in [-0.2, -0.15) is 0 Å². The second-order valence-corrected chi connectivity index (χ2v) is 5.62. The minimum atomic E-state index is -0.240. The number of nitrogens with one attached hydrogen (secondary N) is 1.